The lowest BCUT2D eigenvalue weighted by atomic mass is 10.1. The number of methoxy groups -OCH3 is 1. The zero-order valence-electron chi connectivity index (χ0n) is 14.9. The molecule has 0 aliphatic rings. The summed E-state index contributed by atoms with van der Waals surface area (Å²) in [4.78, 5) is 26.7. The van der Waals surface area contributed by atoms with Crippen LogP contribution in [0.4, 0.5) is 16.5 Å². The average molecular weight is 434 g/mol. The Hall–Kier alpha value is -3.51. The standard InChI is InChI=1S/C17H14N4O6S2/c1-27-15-6-5-11(9-14(15)21(23)24)16(22)19-12-3-2-4-13(10-12)29(25,26)20-17-18-7-8-28-17/h2-10H,1H3,(H,18,20)(H,19,22). The Balaban J connectivity index is 1.82. The number of carbonyl (C=O) groups excluding carboxylic acids is 1. The molecule has 0 saturated heterocycles. The first-order chi connectivity index (χ1) is 13.8. The van der Waals surface area contributed by atoms with Crippen LogP contribution in [-0.2, 0) is 10.0 Å². The third kappa shape index (κ3) is 4.67. The molecule has 3 rings (SSSR count). The number of nitro groups is 1. The predicted molar refractivity (Wildman–Crippen MR) is 107 cm³/mol. The molecule has 0 radical (unpaired) electrons. The van der Waals surface area contributed by atoms with Crippen LogP contribution in [0.15, 0.2) is 58.9 Å². The number of thiazole rings is 1. The third-order valence-corrected chi connectivity index (χ3v) is 5.85. The number of hydrogen-bond donors (Lipinski definition) is 2. The highest BCUT2D eigenvalue weighted by Gasteiger charge is 2.19. The molecule has 0 fully saturated rings. The van der Waals surface area contributed by atoms with Gasteiger partial charge in [0, 0.05) is 28.9 Å². The fraction of sp³-hybridized carbons (Fsp3) is 0.0588. The Bertz CT molecular complexity index is 1160. The van der Waals surface area contributed by atoms with Gasteiger partial charge in [0.25, 0.3) is 15.9 Å². The second-order valence-corrected chi connectivity index (χ2v) is 8.15. The SMILES string of the molecule is COc1ccc(C(=O)Nc2cccc(S(=O)(=O)Nc3nccs3)c2)cc1[N+](=O)[O-]. The topological polar surface area (TPSA) is 141 Å². The second kappa shape index (κ2) is 8.24. The monoisotopic (exact) mass is 434 g/mol. The van der Waals surface area contributed by atoms with Crippen LogP contribution in [0.5, 0.6) is 5.75 Å². The van der Waals surface area contributed by atoms with Crippen LogP contribution in [0.3, 0.4) is 0 Å². The van der Waals surface area contributed by atoms with Gasteiger partial charge in [-0.05, 0) is 30.3 Å². The summed E-state index contributed by atoms with van der Waals surface area (Å²) in [5.74, 6) is -0.619. The minimum atomic E-state index is -3.89. The van der Waals surface area contributed by atoms with Crippen LogP contribution in [0.25, 0.3) is 0 Å². The number of anilines is 2. The molecular formula is C17H14N4O6S2. The smallest absolute Gasteiger partial charge is 0.311 e. The molecule has 10 nitrogen and oxygen atoms in total. The number of nitrogens with zero attached hydrogens (tertiary/aromatic N) is 2. The lowest BCUT2D eigenvalue weighted by Crippen LogP contribution is -2.15. The van der Waals surface area contributed by atoms with Crippen LogP contribution in [0, 0.1) is 10.1 Å². The molecule has 29 heavy (non-hydrogen) atoms. The van der Waals surface area contributed by atoms with E-state index in [1.54, 1.807) is 5.38 Å². The minimum absolute atomic E-state index is 0.0201. The number of amides is 1. The van der Waals surface area contributed by atoms with E-state index in [0.29, 0.717) is 0 Å². The maximum Gasteiger partial charge on any atom is 0.311 e. The highest BCUT2D eigenvalue weighted by Crippen LogP contribution is 2.28. The molecule has 0 aliphatic carbocycles. The maximum atomic E-state index is 12.5. The van der Waals surface area contributed by atoms with Crippen molar-refractivity contribution in [2.45, 2.75) is 4.90 Å². The van der Waals surface area contributed by atoms with Crippen molar-refractivity contribution in [2.75, 3.05) is 17.1 Å². The number of hydrogen-bond acceptors (Lipinski definition) is 8. The molecule has 0 bridgehead atoms. The van der Waals surface area contributed by atoms with Gasteiger partial charge < -0.3 is 10.1 Å². The van der Waals surface area contributed by atoms with Crippen molar-refractivity contribution >= 4 is 43.8 Å². The minimum Gasteiger partial charge on any atom is -0.490 e. The molecule has 150 valence electrons. The van der Waals surface area contributed by atoms with Crippen molar-refractivity contribution in [3.05, 3.63) is 69.7 Å². The number of nitrogens with one attached hydrogen (secondary N) is 2. The summed E-state index contributed by atoms with van der Waals surface area (Å²) in [5, 5.41) is 15.5. The van der Waals surface area contributed by atoms with Gasteiger partial charge in [0.05, 0.1) is 16.9 Å². The molecule has 1 amide bonds. The van der Waals surface area contributed by atoms with Gasteiger partial charge in [0.15, 0.2) is 10.9 Å². The Morgan fingerprint density at radius 1 is 1.24 bits per heavy atom. The van der Waals surface area contributed by atoms with Gasteiger partial charge >= 0.3 is 5.69 Å². The molecule has 1 heterocycles. The van der Waals surface area contributed by atoms with E-state index in [0.717, 1.165) is 17.4 Å². The van der Waals surface area contributed by atoms with Crippen molar-refractivity contribution in [3.63, 3.8) is 0 Å². The third-order valence-electron chi connectivity index (χ3n) is 3.69. The summed E-state index contributed by atoms with van der Waals surface area (Å²) in [6.45, 7) is 0. The first-order valence-corrected chi connectivity index (χ1v) is 10.3. The molecule has 2 aromatic carbocycles. The molecule has 0 unspecified atom stereocenters. The van der Waals surface area contributed by atoms with Crippen LogP contribution in [-0.4, -0.2) is 31.3 Å². The van der Waals surface area contributed by atoms with E-state index >= 15 is 0 Å². The molecule has 0 saturated carbocycles. The highest BCUT2D eigenvalue weighted by molar-refractivity contribution is 7.93. The van der Waals surface area contributed by atoms with E-state index in [4.69, 9.17) is 4.74 Å². The summed E-state index contributed by atoms with van der Waals surface area (Å²) in [6, 6.07) is 9.35. The fourth-order valence-electron chi connectivity index (χ4n) is 2.37. The van der Waals surface area contributed by atoms with Crippen LogP contribution < -0.4 is 14.8 Å². The van der Waals surface area contributed by atoms with Gasteiger partial charge in [0.1, 0.15) is 0 Å². The molecule has 0 atom stereocenters. The summed E-state index contributed by atoms with van der Waals surface area (Å²) in [6.07, 6.45) is 1.47. The summed E-state index contributed by atoms with van der Waals surface area (Å²) < 4.78 is 32.1. The van der Waals surface area contributed by atoms with Gasteiger partial charge in [-0.25, -0.2) is 13.4 Å². The normalized spacial score (nSPS) is 10.9. The summed E-state index contributed by atoms with van der Waals surface area (Å²) in [7, 11) is -2.61. The van der Waals surface area contributed by atoms with Gasteiger partial charge in [-0.1, -0.05) is 6.07 Å². The lowest BCUT2D eigenvalue weighted by molar-refractivity contribution is -0.385. The molecule has 0 aliphatic heterocycles. The molecule has 12 heteroatoms. The first-order valence-electron chi connectivity index (χ1n) is 7.96. The number of nitro benzene ring substituents is 1. The fourth-order valence-corrected chi connectivity index (χ4v) is 4.20. The van der Waals surface area contributed by atoms with Gasteiger partial charge in [-0.15, -0.1) is 11.3 Å². The van der Waals surface area contributed by atoms with Crippen molar-refractivity contribution in [1.82, 2.24) is 4.98 Å². The first kappa shape index (κ1) is 20.2. The number of sulfonamides is 1. The lowest BCUT2D eigenvalue weighted by Gasteiger charge is -2.09. The summed E-state index contributed by atoms with van der Waals surface area (Å²) in [5.41, 5.74) is -0.133. The summed E-state index contributed by atoms with van der Waals surface area (Å²) >= 11 is 1.13. The van der Waals surface area contributed by atoms with E-state index in [1.807, 2.05) is 0 Å². The van der Waals surface area contributed by atoms with Crippen molar-refractivity contribution in [3.8, 4) is 5.75 Å². The van der Waals surface area contributed by atoms with Crippen LogP contribution in [0.2, 0.25) is 0 Å². The van der Waals surface area contributed by atoms with Crippen LogP contribution >= 0.6 is 11.3 Å². The highest BCUT2D eigenvalue weighted by atomic mass is 32.2. The van der Waals surface area contributed by atoms with Crippen LogP contribution in [0.1, 0.15) is 10.4 Å². The number of ether oxygens (including phenoxy) is 1. The Morgan fingerprint density at radius 2 is 2.03 bits per heavy atom. The van der Waals surface area contributed by atoms with Crippen molar-refractivity contribution in [2.24, 2.45) is 0 Å². The zero-order valence-corrected chi connectivity index (χ0v) is 16.5. The number of rotatable bonds is 7. The maximum absolute atomic E-state index is 12.5. The molecule has 3 aromatic rings. The average Bonchev–Trinajstić information content (AvgIpc) is 3.20. The van der Waals surface area contributed by atoms with Gasteiger partial charge in [0.2, 0.25) is 0 Å². The zero-order chi connectivity index (χ0) is 21.0. The van der Waals surface area contributed by atoms with Crippen molar-refractivity contribution in [1.29, 1.82) is 0 Å². The Morgan fingerprint density at radius 3 is 2.69 bits per heavy atom. The number of carbonyl (C=O) groups is 1. The quantitative estimate of drug-likeness (QED) is 0.430. The van der Waals surface area contributed by atoms with E-state index < -0.39 is 20.9 Å². The molecule has 0 spiro atoms. The largest absolute Gasteiger partial charge is 0.490 e. The van der Waals surface area contributed by atoms with Gasteiger partial charge in [-0.3, -0.25) is 19.6 Å². The van der Waals surface area contributed by atoms with E-state index in [2.05, 4.69) is 15.0 Å². The van der Waals surface area contributed by atoms with Crippen molar-refractivity contribution < 1.29 is 22.9 Å². The second-order valence-electron chi connectivity index (χ2n) is 5.57. The Labute approximate surface area is 169 Å². The Kier molecular flexibility index (Phi) is 5.75. The number of aromatic nitrogens is 1. The van der Waals surface area contributed by atoms with E-state index in [1.165, 1.54) is 49.7 Å². The molecule has 1 aromatic heterocycles. The van der Waals surface area contributed by atoms with Gasteiger partial charge in [-0.2, -0.15) is 0 Å². The molecular weight excluding hydrogens is 420 g/mol. The van der Waals surface area contributed by atoms with E-state index in [9.17, 15) is 23.3 Å². The number of benzene rings is 2. The van der Waals surface area contributed by atoms with E-state index in [-0.39, 0.29) is 32.7 Å². The molecule has 2 N–H and O–H groups in total. The predicted octanol–water partition coefficient (Wildman–Crippen LogP) is 3.11.